The molecular weight excluding hydrogens is 388 g/mol. The Labute approximate surface area is 162 Å². The molecule has 0 spiro atoms. The Balaban J connectivity index is 2.34. The summed E-state index contributed by atoms with van der Waals surface area (Å²) in [5.74, 6) is -0.968. The number of carbonyl (C=O) groups is 1. The molecule has 0 heterocycles. The number of nitrogens with one attached hydrogen (secondary N) is 1. The Morgan fingerprint density at radius 1 is 1.18 bits per heavy atom. The molecule has 28 heavy (non-hydrogen) atoms. The van der Waals surface area contributed by atoms with Gasteiger partial charge in [-0.2, -0.15) is 4.72 Å². The summed E-state index contributed by atoms with van der Waals surface area (Å²) in [6, 6.07) is 9.10. The molecule has 0 saturated heterocycles. The largest absolute Gasteiger partial charge is 0.465 e. The maximum atomic E-state index is 12.6. The summed E-state index contributed by atoms with van der Waals surface area (Å²) in [5.41, 5.74) is 0.769. The van der Waals surface area contributed by atoms with Crippen LogP contribution >= 0.6 is 0 Å². The van der Waals surface area contributed by atoms with Gasteiger partial charge in [0, 0.05) is 12.1 Å². The van der Waals surface area contributed by atoms with Gasteiger partial charge in [0.1, 0.15) is 12.1 Å². The molecule has 0 aromatic heterocycles. The third kappa shape index (κ3) is 5.12. The van der Waals surface area contributed by atoms with Gasteiger partial charge in [-0.25, -0.2) is 8.42 Å². The number of non-ortho nitro benzene ring substituents is 1. The Bertz CT molecular complexity index is 941. The van der Waals surface area contributed by atoms with Crippen LogP contribution in [0.1, 0.15) is 24.2 Å². The molecule has 2 unspecified atom stereocenters. The van der Waals surface area contributed by atoms with E-state index in [2.05, 4.69) is 4.72 Å². The third-order valence-electron chi connectivity index (χ3n) is 3.92. The Hall–Kier alpha value is -2.82. The number of hydrogen-bond acceptors (Lipinski definition) is 7. The maximum Gasteiger partial charge on any atom is 0.327 e. The van der Waals surface area contributed by atoms with E-state index in [0.29, 0.717) is 0 Å². The SMILES string of the molecule is CCOC(=O)C(NS(=O)(=O)c1ccc(C)cc1)C(O)c1ccc([N+](=O)[O-])cc1. The zero-order valence-corrected chi connectivity index (χ0v) is 16.0. The minimum Gasteiger partial charge on any atom is -0.465 e. The highest BCUT2D eigenvalue weighted by atomic mass is 32.2. The van der Waals surface area contributed by atoms with E-state index in [4.69, 9.17) is 4.74 Å². The van der Waals surface area contributed by atoms with Gasteiger partial charge in [0.05, 0.1) is 16.4 Å². The number of hydrogen-bond donors (Lipinski definition) is 2. The van der Waals surface area contributed by atoms with Crippen LogP contribution in [0.5, 0.6) is 0 Å². The molecule has 150 valence electrons. The number of nitro groups is 1. The third-order valence-corrected chi connectivity index (χ3v) is 5.37. The number of aryl methyl sites for hydroxylation is 1. The van der Waals surface area contributed by atoms with Gasteiger partial charge in [-0.1, -0.05) is 17.7 Å². The molecule has 0 bridgehead atoms. The number of rotatable bonds is 8. The number of nitrogens with zero attached hydrogens (tertiary/aromatic N) is 1. The fourth-order valence-electron chi connectivity index (χ4n) is 2.41. The van der Waals surface area contributed by atoms with Crippen LogP contribution in [0.2, 0.25) is 0 Å². The number of sulfonamides is 1. The lowest BCUT2D eigenvalue weighted by atomic mass is 10.0. The second-order valence-corrected chi connectivity index (χ2v) is 7.67. The molecule has 2 N–H and O–H groups in total. The summed E-state index contributed by atoms with van der Waals surface area (Å²) in [7, 11) is -4.13. The van der Waals surface area contributed by atoms with E-state index in [1.54, 1.807) is 26.0 Å². The number of ether oxygens (including phenoxy) is 1. The van der Waals surface area contributed by atoms with E-state index in [1.165, 1.54) is 24.3 Å². The van der Waals surface area contributed by atoms with Gasteiger partial charge in [0.15, 0.2) is 0 Å². The van der Waals surface area contributed by atoms with Crippen molar-refractivity contribution in [3.63, 3.8) is 0 Å². The molecule has 2 aromatic rings. The zero-order chi connectivity index (χ0) is 20.9. The number of esters is 1. The fourth-order valence-corrected chi connectivity index (χ4v) is 3.60. The minimum atomic E-state index is -4.13. The van der Waals surface area contributed by atoms with E-state index < -0.39 is 33.1 Å². The number of aliphatic hydroxyl groups excluding tert-OH is 1. The number of aliphatic hydroxyl groups is 1. The van der Waals surface area contributed by atoms with Crippen LogP contribution in [0, 0.1) is 17.0 Å². The van der Waals surface area contributed by atoms with Gasteiger partial charge in [0.2, 0.25) is 10.0 Å². The van der Waals surface area contributed by atoms with Crippen molar-refractivity contribution < 1.29 is 28.0 Å². The topological polar surface area (TPSA) is 136 Å². The normalized spacial score (nSPS) is 13.5. The lowest BCUT2D eigenvalue weighted by molar-refractivity contribution is -0.384. The van der Waals surface area contributed by atoms with Crippen molar-refractivity contribution in [2.45, 2.75) is 30.9 Å². The van der Waals surface area contributed by atoms with Crippen molar-refractivity contribution in [1.29, 1.82) is 0 Å². The van der Waals surface area contributed by atoms with Crippen LogP contribution in [0.3, 0.4) is 0 Å². The second kappa shape index (κ2) is 8.91. The summed E-state index contributed by atoms with van der Waals surface area (Å²) < 4.78 is 32.3. The summed E-state index contributed by atoms with van der Waals surface area (Å²) in [6.07, 6.45) is -1.61. The van der Waals surface area contributed by atoms with Crippen LogP contribution in [0.15, 0.2) is 53.4 Å². The quantitative estimate of drug-likeness (QED) is 0.386. The first kappa shape index (κ1) is 21.5. The van der Waals surface area contributed by atoms with Crippen molar-refractivity contribution in [2.75, 3.05) is 6.61 Å². The first-order chi connectivity index (χ1) is 13.2. The van der Waals surface area contributed by atoms with E-state index in [1.807, 2.05) is 0 Å². The molecule has 2 aromatic carbocycles. The first-order valence-corrected chi connectivity index (χ1v) is 9.82. The van der Waals surface area contributed by atoms with Crippen molar-refractivity contribution >= 4 is 21.7 Å². The Morgan fingerprint density at radius 3 is 2.25 bits per heavy atom. The molecular formula is C18H20N2O7S. The predicted molar refractivity (Wildman–Crippen MR) is 100.0 cm³/mol. The molecule has 0 radical (unpaired) electrons. The molecule has 0 aliphatic heterocycles. The highest BCUT2D eigenvalue weighted by Crippen LogP contribution is 2.23. The lowest BCUT2D eigenvalue weighted by Crippen LogP contribution is -2.45. The summed E-state index contributed by atoms with van der Waals surface area (Å²) in [5, 5.41) is 21.3. The summed E-state index contributed by atoms with van der Waals surface area (Å²) >= 11 is 0. The molecule has 2 rings (SSSR count). The van der Waals surface area contributed by atoms with Gasteiger partial charge >= 0.3 is 5.97 Å². The van der Waals surface area contributed by atoms with E-state index in [-0.39, 0.29) is 22.8 Å². The first-order valence-electron chi connectivity index (χ1n) is 8.33. The minimum absolute atomic E-state index is 0.0193. The van der Waals surface area contributed by atoms with Crippen molar-refractivity contribution in [1.82, 2.24) is 4.72 Å². The molecule has 0 amide bonds. The van der Waals surface area contributed by atoms with E-state index >= 15 is 0 Å². The van der Waals surface area contributed by atoms with Gasteiger partial charge in [-0.15, -0.1) is 0 Å². The maximum absolute atomic E-state index is 12.6. The standard InChI is InChI=1S/C18H20N2O7S/c1-3-27-18(22)16(17(21)13-6-8-14(9-7-13)20(23)24)19-28(25,26)15-10-4-12(2)5-11-15/h4-11,16-17,19,21H,3H2,1-2H3. The molecule has 0 aliphatic carbocycles. The second-order valence-electron chi connectivity index (χ2n) is 5.96. The van der Waals surface area contributed by atoms with Crippen molar-refractivity contribution in [3.05, 3.63) is 69.8 Å². The molecule has 10 heteroatoms. The summed E-state index contributed by atoms with van der Waals surface area (Å²) in [4.78, 5) is 22.3. The van der Waals surface area contributed by atoms with Crippen molar-refractivity contribution in [3.8, 4) is 0 Å². The van der Waals surface area contributed by atoms with E-state index in [9.17, 15) is 28.4 Å². The highest BCUT2D eigenvalue weighted by molar-refractivity contribution is 7.89. The molecule has 0 fully saturated rings. The Kier molecular flexibility index (Phi) is 6.84. The predicted octanol–water partition coefficient (Wildman–Crippen LogP) is 1.85. The van der Waals surface area contributed by atoms with Crippen LogP contribution in [0.4, 0.5) is 5.69 Å². The lowest BCUT2D eigenvalue weighted by Gasteiger charge is -2.22. The molecule has 2 atom stereocenters. The molecule has 9 nitrogen and oxygen atoms in total. The smallest absolute Gasteiger partial charge is 0.327 e. The molecule has 0 saturated carbocycles. The van der Waals surface area contributed by atoms with Crippen LogP contribution in [-0.4, -0.2) is 37.1 Å². The number of benzene rings is 2. The van der Waals surface area contributed by atoms with Crippen LogP contribution in [0.25, 0.3) is 0 Å². The number of nitro benzene ring substituents is 1. The average molecular weight is 408 g/mol. The number of carbonyl (C=O) groups excluding carboxylic acids is 1. The van der Waals surface area contributed by atoms with Gasteiger partial charge in [0.25, 0.3) is 5.69 Å². The monoisotopic (exact) mass is 408 g/mol. The Morgan fingerprint density at radius 2 is 1.75 bits per heavy atom. The summed E-state index contributed by atoms with van der Waals surface area (Å²) in [6.45, 7) is 3.32. The van der Waals surface area contributed by atoms with Crippen LogP contribution < -0.4 is 4.72 Å². The van der Waals surface area contributed by atoms with Crippen molar-refractivity contribution in [2.24, 2.45) is 0 Å². The van der Waals surface area contributed by atoms with E-state index in [0.717, 1.165) is 17.7 Å². The van der Waals surface area contributed by atoms with Crippen LogP contribution in [-0.2, 0) is 19.6 Å². The average Bonchev–Trinajstić information content (AvgIpc) is 2.66. The van der Waals surface area contributed by atoms with Gasteiger partial charge in [-0.3, -0.25) is 14.9 Å². The van der Waals surface area contributed by atoms with Gasteiger partial charge in [-0.05, 0) is 43.7 Å². The highest BCUT2D eigenvalue weighted by Gasteiger charge is 2.34. The molecule has 0 aliphatic rings. The fraction of sp³-hybridized carbons (Fsp3) is 0.278. The zero-order valence-electron chi connectivity index (χ0n) is 15.2. The van der Waals surface area contributed by atoms with Gasteiger partial charge < -0.3 is 9.84 Å².